The quantitative estimate of drug-likeness (QED) is 0.764. The van der Waals surface area contributed by atoms with Crippen LogP contribution in [0.2, 0.25) is 5.02 Å². The lowest BCUT2D eigenvalue weighted by Gasteiger charge is -2.31. The van der Waals surface area contributed by atoms with Gasteiger partial charge in [-0.15, -0.1) is 0 Å². The summed E-state index contributed by atoms with van der Waals surface area (Å²) in [7, 11) is 1.39. The van der Waals surface area contributed by atoms with Gasteiger partial charge in [-0.05, 0) is 25.0 Å². The number of piperidine rings is 1. The maximum atomic E-state index is 12.7. The molecular formula is C17H20ClNO5. The van der Waals surface area contributed by atoms with E-state index in [1.807, 2.05) is 0 Å². The Hall–Kier alpha value is -1.95. The summed E-state index contributed by atoms with van der Waals surface area (Å²) < 4.78 is 16.0. The van der Waals surface area contributed by atoms with Crippen molar-refractivity contribution in [3.05, 3.63) is 22.7 Å². The fraction of sp³-hybridized carbons (Fsp3) is 0.529. The minimum atomic E-state index is -0.208. The second-order valence-corrected chi connectivity index (χ2v) is 6.33. The van der Waals surface area contributed by atoms with Gasteiger partial charge < -0.3 is 19.1 Å². The topological polar surface area (TPSA) is 65.1 Å². The molecule has 1 fully saturated rings. The van der Waals surface area contributed by atoms with Gasteiger partial charge in [0.05, 0.1) is 31.3 Å². The molecule has 1 aromatic rings. The molecule has 130 valence electrons. The highest BCUT2D eigenvalue weighted by molar-refractivity contribution is 6.32. The Morgan fingerprint density at radius 2 is 1.92 bits per heavy atom. The summed E-state index contributed by atoms with van der Waals surface area (Å²) in [5.41, 5.74) is 0.473. The minimum absolute atomic E-state index is 0.115. The number of carbonyl (C=O) groups excluding carboxylic acids is 2. The van der Waals surface area contributed by atoms with Crippen LogP contribution in [-0.2, 0) is 9.53 Å². The van der Waals surface area contributed by atoms with E-state index in [1.165, 1.54) is 7.11 Å². The molecule has 0 spiro atoms. The smallest absolute Gasteiger partial charge is 0.308 e. The van der Waals surface area contributed by atoms with Crippen LogP contribution in [0.5, 0.6) is 11.5 Å². The second-order valence-electron chi connectivity index (χ2n) is 5.93. The van der Waals surface area contributed by atoms with Crippen molar-refractivity contribution in [1.29, 1.82) is 0 Å². The van der Waals surface area contributed by atoms with Gasteiger partial charge in [0.1, 0.15) is 0 Å². The van der Waals surface area contributed by atoms with E-state index in [0.29, 0.717) is 61.2 Å². The van der Waals surface area contributed by atoms with Crippen molar-refractivity contribution in [3.63, 3.8) is 0 Å². The number of nitrogens with zero attached hydrogens (tertiary/aromatic N) is 1. The highest BCUT2D eigenvalue weighted by Gasteiger charge is 2.29. The number of methoxy groups -OCH3 is 1. The molecule has 0 N–H and O–H groups in total. The molecular weight excluding hydrogens is 334 g/mol. The van der Waals surface area contributed by atoms with Crippen molar-refractivity contribution in [1.82, 2.24) is 4.90 Å². The number of fused-ring (bicyclic) bond motifs is 1. The Morgan fingerprint density at radius 3 is 2.62 bits per heavy atom. The first kappa shape index (κ1) is 16.9. The SMILES string of the molecule is COC(=O)C1CCN(C(=O)c2cc(Cl)c3c(c2)OCCCO3)CC1. The number of rotatable bonds is 2. The van der Waals surface area contributed by atoms with Gasteiger partial charge in [0, 0.05) is 25.1 Å². The van der Waals surface area contributed by atoms with E-state index in [2.05, 4.69) is 0 Å². The van der Waals surface area contributed by atoms with Crippen LogP contribution in [0.25, 0.3) is 0 Å². The molecule has 0 aromatic heterocycles. The molecule has 1 amide bonds. The van der Waals surface area contributed by atoms with Crippen LogP contribution in [0.4, 0.5) is 0 Å². The van der Waals surface area contributed by atoms with Gasteiger partial charge in [0.2, 0.25) is 0 Å². The fourth-order valence-electron chi connectivity index (χ4n) is 3.02. The molecule has 6 nitrogen and oxygen atoms in total. The predicted octanol–water partition coefficient (Wildman–Crippen LogP) is 2.53. The Labute approximate surface area is 145 Å². The number of carbonyl (C=O) groups is 2. The van der Waals surface area contributed by atoms with Crippen LogP contribution in [0, 0.1) is 5.92 Å². The normalized spacial score (nSPS) is 18.0. The van der Waals surface area contributed by atoms with Crippen molar-refractivity contribution in [2.75, 3.05) is 33.4 Å². The van der Waals surface area contributed by atoms with Gasteiger partial charge in [-0.25, -0.2) is 0 Å². The van der Waals surface area contributed by atoms with Gasteiger partial charge in [0.15, 0.2) is 11.5 Å². The average molecular weight is 354 g/mol. The molecule has 1 saturated heterocycles. The maximum Gasteiger partial charge on any atom is 0.308 e. The van der Waals surface area contributed by atoms with E-state index in [1.54, 1.807) is 17.0 Å². The van der Waals surface area contributed by atoms with E-state index in [4.69, 9.17) is 25.8 Å². The summed E-state index contributed by atoms with van der Waals surface area (Å²) in [4.78, 5) is 26.0. The molecule has 2 heterocycles. The highest BCUT2D eigenvalue weighted by atomic mass is 35.5. The van der Waals surface area contributed by atoms with Crippen LogP contribution >= 0.6 is 11.6 Å². The minimum Gasteiger partial charge on any atom is -0.489 e. The summed E-state index contributed by atoms with van der Waals surface area (Å²) in [6.07, 6.45) is 1.99. The van der Waals surface area contributed by atoms with Crippen molar-refractivity contribution in [2.45, 2.75) is 19.3 Å². The van der Waals surface area contributed by atoms with Crippen LogP contribution in [0.1, 0.15) is 29.6 Å². The third-order valence-electron chi connectivity index (χ3n) is 4.37. The zero-order valence-corrected chi connectivity index (χ0v) is 14.3. The van der Waals surface area contributed by atoms with Crippen LogP contribution in [0.15, 0.2) is 12.1 Å². The molecule has 3 rings (SSSR count). The molecule has 24 heavy (non-hydrogen) atoms. The molecule has 2 aliphatic rings. The molecule has 0 radical (unpaired) electrons. The number of halogens is 1. The van der Waals surface area contributed by atoms with Crippen LogP contribution in [0.3, 0.4) is 0 Å². The Bertz CT molecular complexity index is 640. The lowest BCUT2D eigenvalue weighted by molar-refractivity contribution is -0.146. The summed E-state index contributed by atoms with van der Waals surface area (Å²) >= 11 is 6.25. The number of hydrogen-bond donors (Lipinski definition) is 0. The molecule has 0 aliphatic carbocycles. The first-order valence-electron chi connectivity index (χ1n) is 8.06. The van der Waals surface area contributed by atoms with E-state index in [-0.39, 0.29) is 17.8 Å². The monoisotopic (exact) mass is 353 g/mol. The van der Waals surface area contributed by atoms with Crippen molar-refractivity contribution >= 4 is 23.5 Å². The van der Waals surface area contributed by atoms with E-state index in [9.17, 15) is 9.59 Å². The summed E-state index contributed by atoms with van der Waals surface area (Å²) in [5.74, 6) is 0.547. The third-order valence-corrected chi connectivity index (χ3v) is 4.65. The highest BCUT2D eigenvalue weighted by Crippen LogP contribution is 2.38. The summed E-state index contributed by atoms with van der Waals surface area (Å²) in [6, 6.07) is 3.30. The largest absolute Gasteiger partial charge is 0.489 e. The average Bonchev–Trinajstić information content (AvgIpc) is 2.86. The fourth-order valence-corrected chi connectivity index (χ4v) is 3.29. The maximum absolute atomic E-state index is 12.7. The molecule has 7 heteroatoms. The number of likely N-dealkylation sites (tertiary alicyclic amines) is 1. The van der Waals surface area contributed by atoms with E-state index < -0.39 is 0 Å². The molecule has 0 atom stereocenters. The standard InChI is InChI=1S/C17H20ClNO5/c1-22-17(21)11-3-5-19(6-4-11)16(20)12-9-13(18)15-14(10-12)23-7-2-8-24-15/h9-11H,2-8H2,1H3. The zero-order valence-electron chi connectivity index (χ0n) is 13.5. The molecule has 0 unspecified atom stereocenters. The molecule has 1 aromatic carbocycles. The Kier molecular flexibility index (Phi) is 5.14. The predicted molar refractivity (Wildman–Crippen MR) is 87.7 cm³/mol. The summed E-state index contributed by atoms with van der Waals surface area (Å²) in [6.45, 7) is 2.11. The molecule has 0 bridgehead atoms. The zero-order chi connectivity index (χ0) is 17.1. The Balaban J connectivity index is 1.73. The third kappa shape index (κ3) is 3.43. The van der Waals surface area contributed by atoms with Crippen molar-refractivity contribution < 1.29 is 23.8 Å². The number of esters is 1. The molecule has 0 saturated carbocycles. The van der Waals surface area contributed by atoms with Crippen molar-refractivity contribution in [3.8, 4) is 11.5 Å². The van der Waals surface area contributed by atoms with Crippen LogP contribution < -0.4 is 9.47 Å². The van der Waals surface area contributed by atoms with E-state index >= 15 is 0 Å². The van der Waals surface area contributed by atoms with E-state index in [0.717, 1.165) is 6.42 Å². The number of benzene rings is 1. The Morgan fingerprint density at radius 1 is 1.21 bits per heavy atom. The second kappa shape index (κ2) is 7.30. The van der Waals surface area contributed by atoms with Gasteiger partial charge in [-0.3, -0.25) is 9.59 Å². The van der Waals surface area contributed by atoms with Crippen molar-refractivity contribution in [2.24, 2.45) is 5.92 Å². The molecule has 2 aliphatic heterocycles. The van der Waals surface area contributed by atoms with Gasteiger partial charge in [0.25, 0.3) is 5.91 Å². The lowest BCUT2D eigenvalue weighted by Crippen LogP contribution is -2.40. The lowest BCUT2D eigenvalue weighted by atomic mass is 9.96. The first-order valence-corrected chi connectivity index (χ1v) is 8.44. The van der Waals surface area contributed by atoms with Gasteiger partial charge >= 0.3 is 5.97 Å². The first-order chi connectivity index (χ1) is 11.6. The van der Waals surface area contributed by atoms with Gasteiger partial charge in [-0.2, -0.15) is 0 Å². The number of amides is 1. The summed E-state index contributed by atoms with van der Waals surface area (Å²) in [5, 5.41) is 0.377. The van der Waals surface area contributed by atoms with Gasteiger partial charge in [-0.1, -0.05) is 11.6 Å². The number of ether oxygens (including phenoxy) is 3. The van der Waals surface area contributed by atoms with Crippen LogP contribution in [-0.4, -0.2) is 50.2 Å². The number of hydrogen-bond acceptors (Lipinski definition) is 5.